The third-order valence-corrected chi connectivity index (χ3v) is 7.35. The smallest absolute Gasteiger partial charge is 0.265 e. The lowest BCUT2D eigenvalue weighted by Crippen LogP contribution is -2.53. The van der Waals surface area contributed by atoms with Crippen LogP contribution in [0.1, 0.15) is 35.4 Å². The Kier molecular flexibility index (Phi) is 3.69. The molecule has 0 N–H and O–H groups in total. The summed E-state index contributed by atoms with van der Waals surface area (Å²) in [4.78, 5) is 29.8. The van der Waals surface area contributed by atoms with Crippen LogP contribution in [-0.2, 0) is 4.79 Å². The molecular formula is C16H20N2O2S2. The van der Waals surface area contributed by atoms with E-state index < -0.39 is 0 Å². The summed E-state index contributed by atoms with van der Waals surface area (Å²) in [6, 6.07) is 3.85. The van der Waals surface area contributed by atoms with E-state index >= 15 is 0 Å². The Bertz CT molecular complexity index is 575. The number of thioether (sulfide) groups is 1. The molecule has 0 atom stereocenters. The Morgan fingerprint density at radius 1 is 1.18 bits per heavy atom. The summed E-state index contributed by atoms with van der Waals surface area (Å²) in [5.74, 6) is 1.82. The molecule has 2 saturated heterocycles. The third-order valence-electron chi connectivity index (χ3n) is 4.94. The van der Waals surface area contributed by atoms with Gasteiger partial charge in [0.2, 0.25) is 5.91 Å². The van der Waals surface area contributed by atoms with Crippen LogP contribution in [0.5, 0.6) is 0 Å². The highest BCUT2D eigenvalue weighted by Gasteiger charge is 2.48. The molecule has 6 heteroatoms. The molecule has 1 aliphatic carbocycles. The molecule has 0 bridgehead atoms. The molecule has 22 heavy (non-hydrogen) atoms. The molecular weight excluding hydrogens is 316 g/mol. The van der Waals surface area contributed by atoms with Crippen molar-refractivity contribution in [3.05, 3.63) is 22.4 Å². The minimum atomic E-state index is -0.0819. The fourth-order valence-electron chi connectivity index (χ4n) is 3.51. The van der Waals surface area contributed by atoms with Crippen LogP contribution in [0.4, 0.5) is 0 Å². The lowest BCUT2D eigenvalue weighted by atomic mass is 10.0. The average Bonchev–Trinajstić information content (AvgIpc) is 3.09. The molecule has 1 aromatic rings. The van der Waals surface area contributed by atoms with Crippen molar-refractivity contribution < 1.29 is 9.59 Å². The van der Waals surface area contributed by atoms with Crippen LogP contribution in [-0.4, -0.2) is 51.9 Å². The zero-order valence-electron chi connectivity index (χ0n) is 12.5. The van der Waals surface area contributed by atoms with Gasteiger partial charge in [0.05, 0.1) is 9.75 Å². The van der Waals surface area contributed by atoms with Gasteiger partial charge in [0, 0.05) is 31.3 Å². The summed E-state index contributed by atoms with van der Waals surface area (Å²) in [6.07, 6.45) is 3.96. The van der Waals surface area contributed by atoms with Gasteiger partial charge < -0.3 is 9.80 Å². The van der Waals surface area contributed by atoms with Crippen molar-refractivity contribution in [1.29, 1.82) is 0 Å². The summed E-state index contributed by atoms with van der Waals surface area (Å²) in [5.41, 5.74) is 0. The lowest BCUT2D eigenvalue weighted by Gasteiger charge is -2.44. The van der Waals surface area contributed by atoms with Crippen molar-refractivity contribution in [2.75, 3.05) is 25.4 Å². The van der Waals surface area contributed by atoms with Crippen LogP contribution in [0.3, 0.4) is 0 Å². The van der Waals surface area contributed by atoms with E-state index in [1.807, 2.05) is 34.2 Å². The minimum Gasteiger partial charge on any atom is -0.342 e. The van der Waals surface area contributed by atoms with E-state index in [-0.39, 0.29) is 10.8 Å². The van der Waals surface area contributed by atoms with E-state index in [0.29, 0.717) is 11.8 Å². The van der Waals surface area contributed by atoms with Crippen molar-refractivity contribution in [2.24, 2.45) is 5.92 Å². The first-order valence-corrected chi connectivity index (χ1v) is 9.84. The van der Waals surface area contributed by atoms with Gasteiger partial charge in [-0.25, -0.2) is 0 Å². The lowest BCUT2D eigenvalue weighted by molar-refractivity contribution is -0.134. The highest BCUT2D eigenvalue weighted by atomic mass is 32.2. The standard InChI is InChI=1S/C16H20N2O2S2/c19-14(12-3-4-12)17-7-5-16(6-8-17)18(9-11-22-16)15(20)13-2-1-10-21-13/h1-2,10,12H,3-9,11H2. The number of carbonyl (C=O) groups excluding carboxylic acids is 2. The second kappa shape index (κ2) is 5.57. The molecule has 4 nitrogen and oxygen atoms in total. The minimum absolute atomic E-state index is 0.0819. The molecule has 0 unspecified atom stereocenters. The third kappa shape index (κ3) is 2.46. The number of amides is 2. The Morgan fingerprint density at radius 2 is 1.95 bits per heavy atom. The molecule has 3 fully saturated rings. The summed E-state index contributed by atoms with van der Waals surface area (Å²) < 4.78 is 0. The normalized spacial score (nSPS) is 24.0. The van der Waals surface area contributed by atoms with Crippen molar-refractivity contribution in [1.82, 2.24) is 9.80 Å². The fraction of sp³-hybridized carbons (Fsp3) is 0.625. The maximum atomic E-state index is 12.8. The van der Waals surface area contributed by atoms with Gasteiger partial charge in [-0.2, -0.15) is 0 Å². The van der Waals surface area contributed by atoms with Crippen LogP contribution in [0.25, 0.3) is 0 Å². The Hall–Kier alpha value is -1.01. The first-order chi connectivity index (χ1) is 10.7. The van der Waals surface area contributed by atoms with Crippen LogP contribution in [0, 0.1) is 5.92 Å². The van der Waals surface area contributed by atoms with Gasteiger partial charge in [-0.15, -0.1) is 23.1 Å². The molecule has 3 aliphatic rings. The monoisotopic (exact) mass is 336 g/mol. The first kappa shape index (κ1) is 14.6. The molecule has 0 aromatic carbocycles. The van der Waals surface area contributed by atoms with Crippen LogP contribution in [0.2, 0.25) is 0 Å². The second-order valence-electron chi connectivity index (χ2n) is 6.33. The van der Waals surface area contributed by atoms with Crippen molar-refractivity contribution in [3.8, 4) is 0 Å². The van der Waals surface area contributed by atoms with E-state index in [9.17, 15) is 9.59 Å². The summed E-state index contributed by atoms with van der Waals surface area (Å²) in [5, 5.41) is 1.96. The van der Waals surface area contributed by atoms with Crippen LogP contribution < -0.4 is 0 Å². The zero-order valence-corrected chi connectivity index (χ0v) is 14.1. The van der Waals surface area contributed by atoms with Crippen molar-refractivity contribution >= 4 is 34.9 Å². The van der Waals surface area contributed by atoms with E-state index in [0.717, 1.165) is 55.9 Å². The van der Waals surface area contributed by atoms with Gasteiger partial charge in [0.1, 0.15) is 0 Å². The Balaban J connectivity index is 1.47. The average molecular weight is 336 g/mol. The molecule has 4 rings (SSSR count). The Morgan fingerprint density at radius 3 is 2.59 bits per heavy atom. The summed E-state index contributed by atoms with van der Waals surface area (Å²) >= 11 is 3.43. The fourth-order valence-corrected chi connectivity index (χ4v) is 5.63. The van der Waals surface area contributed by atoms with Crippen LogP contribution >= 0.6 is 23.1 Å². The first-order valence-electron chi connectivity index (χ1n) is 7.98. The van der Waals surface area contributed by atoms with E-state index in [1.165, 1.54) is 11.3 Å². The highest BCUT2D eigenvalue weighted by molar-refractivity contribution is 8.00. The highest BCUT2D eigenvalue weighted by Crippen LogP contribution is 2.45. The molecule has 1 saturated carbocycles. The zero-order chi connectivity index (χ0) is 15.2. The second-order valence-corrected chi connectivity index (χ2v) is 8.73. The van der Waals surface area contributed by atoms with Crippen molar-refractivity contribution in [2.45, 2.75) is 30.6 Å². The number of carbonyl (C=O) groups is 2. The maximum Gasteiger partial charge on any atom is 0.265 e. The largest absolute Gasteiger partial charge is 0.342 e. The molecule has 2 amide bonds. The van der Waals surface area contributed by atoms with Crippen LogP contribution in [0.15, 0.2) is 17.5 Å². The number of thiophene rings is 1. The molecule has 2 aliphatic heterocycles. The maximum absolute atomic E-state index is 12.8. The Labute approximate surface area is 138 Å². The quantitative estimate of drug-likeness (QED) is 0.834. The number of hydrogen-bond acceptors (Lipinski definition) is 4. The van der Waals surface area contributed by atoms with Gasteiger partial charge in [-0.05, 0) is 37.1 Å². The predicted molar refractivity (Wildman–Crippen MR) is 89.1 cm³/mol. The van der Waals surface area contributed by atoms with Crippen molar-refractivity contribution in [3.63, 3.8) is 0 Å². The summed E-state index contributed by atoms with van der Waals surface area (Å²) in [6.45, 7) is 2.44. The number of piperidine rings is 1. The number of likely N-dealkylation sites (tertiary alicyclic amines) is 1. The van der Waals surface area contributed by atoms with E-state index in [1.54, 1.807) is 0 Å². The number of rotatable bonds is 2. The molecule has 118 valence electrons. The molecule has 0 radical (unpaired) electrons. The molecule has 1 spiro atoms. The van der Waals surface area contributed by atoms with Gasteiger partial charge >= 0.3 is 0 Å². The molecule has 3 heterocycles. The SMILES string of the molecule is O=C(C1CC1)N1CCC2(CC1)SCCN2C(=O)c1cccs1. The number of nitrogens with zero attached hydrogens (tertiary/aromatic N) is 2. The van der Waals surface area contributed by atoms with Gasteiger partial charge in [0.15, 0.2) is 0 Å². The van der Waals surface area contributed by atoms with Gasteiger partial charge in [-0.3, -0.25) is 9.59 Å². The topological polar surface area (TPSA) is 40.6 Å². The predicted octanol–water partition coefficient (Wildman–Crippen LogP) is 2.67. The summed E-state index contributed by atoms with van der Waals surface area (Å²) in [7, 11) is 0. The molecule has 1 aromatic heterocycles. The van der Waals surface area contributed by atoms with Gasteiger partial charge in [-0.1, -0.05) is 6.07 Å². The number of hydrogen-bond donors (Lipinski definition) is 0. The van der Waals surface area contributed by atoms with E-state index in [4.69, 9.17) is 0 Å². The van der Waals surface area contributed by atoms with Gasteiger partial charge in [0.25, 0.3) is 5.91 Å². The van der Waals surface area contributed by atoms with E-state index in [2.05, 4.69) is 4.90 Å².